The average Bonchev–Trinajstić information content (AvgIpc) is 2.92. The van der Waals surface area contributed by atoms with E-state index in [9.17, 15) is 10.1 Å². The van der Waals surface area contributed by atoms with Crippen LogP contribution in [0.25, 0.3) is 0 Å². The van der Waals surface area contributed by atoms with E-state index in [2.05, 4.69) is 23.3 Å². The molecule has 0 unspecified atom stereocenters. The zero-order valence-electron chi connectivity index (χ0n) is 10.8. The maximum absolute atomic E-state index is 10.7. The van der Waals surface area contributed by atoms with Gasteiger partial charge in [0, 0.05) is 10.9 Å². The summed E-state index contributed by atoms with van der Waals surface area (Å²) in [4.78, 5) is 15.3. The van der Waals surface area contributed by atoms with Crippen molar-refractivity contribution in [1.82, 2.24) is 4.98 Å². The summed E-state index contributed by atoms with van der Waals surface area (Å²) in [6, 6.07) is 6.62. The maximum atomic E-state index is 10.7. The number of thiophene rings is 1. The molecule has 2 heterocycles. The highest BCUT2D eigenvalue weighted by atomic mass is 32.1. The van der Waals surface area contributed by atoms with Crippen molar-refractivity contribution in [3.63, 3.8) is 0 Å². The van der Waals surface area contributed by atoms with Gasteiger partial charge in [0.1, 0.15) is 11.9 Å². The van der Waals surface area contributed by atoms with Gasteiger partial charge in [-0.15, -0.1) is 11.3 Å². The first-order valence-corrected chi connectivity index (χ1v) is 6.88. The van der Waals surface area contributed by atoms with Crippen LogP contribution >= 0.6 is 11.3 Å². The van der Waals surface area contributed by atoms with E-state index in [0.29, 0.717) is 12.4 Å². The van der Waals surface area contributed by atoms with Gasteiger partial charge in [0.2, 0.25) is 5.69 Å². The van der Waals surface area contributed by atoms with Crippen molar-refractivity contribution in [2.75, 3.05) is 5.32 Å². The number of hydrogen-bond donors (Lipinski definition) is 1. The number of nitrogens with one attached hydrogen (secondary N) is 1. The van der Waals surface area contributed by atoms with Crippen molar-refractivity contribution in [1.29, 1.82) is 5.26 Å². The molecular weight excluding hydrogens is 276 g/mol. The number of aryl methyl sites for hydroxylation is 1. The van der Waals surface area contributed by atoms with Crippen LogP contribution in [0.1, 0.15) is 23.1 Å². The highest BCUT2D eigenvalue weighted by Crippen LogP contribution is 2.21. The Labute approximate surface area is 119 Å². The number of hydrogen-bond acceptors (Lipinski definition) is 6. The molecule has 102 valence electrons. The minimum absolute atomic E-state index is 0.179. The Morgan fingerprint density at radius 3 is 2.95 bits per heavy atom. The standard InChI is InChI=1S/C13H12N4O2S/c1-2-9-5-6-20-12(9)8-15-13-4-3-11(17(18)19)10(7-14)16-13/h3-6H,2,8H2,1H3,(H,15,16). The second-order valence-electron chi connectivity index (χ2n) is 4.01. The minimum Gasteiger partial charge on any atom is -0.365 e. The van der Waals surface area contributed by atoms with Crippen molar-refractivity contribution >= 4 is 22.8 Å². The molecule has 20 heavy (non-hydrogen) atoms. The quantitative estimate of drug-likeness (QED) is 0.674. The molecule has 1 N–H and O–H groups in total. The van der Waals surface area contributed by atoms with E-state index < -0.39 is 4.92 Å². The lowest BCUT2D eigenvalue weighted by Gasteiger charge is -2.06. The van der Waals surface area contributed by atoms with Crippen LogP contribution in [0, 0.1) is 21.4 Å². The lowest BCUT2D eigenvalue weighted by molar-refractivity contribution is -0.385. The molecule has 2 aromatic rings. The number of aromatic nitrogens is 1. The third kappa shape index (κ3) is 2.92. The van der Waals surface area contributed by atoms with Gasteiger partial charge in [-0.25, -0.2) is 4.98 Å². The molecule has 0 spiro atoms. The molecule has 6 nitrogen and oxygen atoms in total. The Balaban J connectivity index is 2.15. The Morgan fingerprint density at radius 2 is 2.30 bits per heavy atom. The van der Waals surface area contributed by atoms with E-state index in [-0.39, 0.29) is 11.4 Å². The predicted molar refractivity (Wildman–Crippen MR) is 76.6 cm³/mol. The molecular formula is C13H12N4O2S. The van der Waals surface area contributed by atoms with Gasteiger partial charge in [-0.1, -0.05) is 6.92 Å². The lowest BCUT2D eigenvalue weighted by atomic mass is 10.2. The van der Waals surface area contributed by atoms with Gasteiger partial charge in [0.05, 0.1) is 11.5 Å². The molecule has 0 radical (unpaired) electrons. The topological polar surface area (TPSA) is 91.9 Å². The van der Waals surface area contributed by atoms with E-state index in [1.165, 1.54) is 22.6 Å². The molecule has 0 bridgehead atoms. The predicted octanol–water partition coefficient (Wildman–Crippen LogP) is 3.10. The third-order valence-corrected chi connectivity index (χ3v) is 3.79. The molecule has 2 aromatic heterocycles. The summed E-state index contributed by atoms with van der Waals surface area (Å²) in [6.45, 7) is 2.68. The summed E-state index contributed by atoms with van der Waals surface area (Å²) in [5.41, 5.74) is 0.815. The van der Waals surface area contributed by atoms with Crippen molar-refractivity contribution < 1.29 is 4.92 Å². The van der Waals surface area contributed by atoms with Gasteiger partial charge in [-0.05, 0) is 29.5 Å². The van der Waals surface area contributed by atoms with E-state index in [1.54, 1.807) is 17.4 Å². The molecule has 0 fully saturated rings. The SMILES string of the molecule is CCc1ccsc1CNc1ccc([N+](=O)[O-])c(C#N)n1. The monoisotopic (exact) mass is 288 g/mol. The van der Waals surface area contributed by atoms with Crippen molar-refractivity contribution in [3.05, 3.63) is 49.8 Å². The van der Waals surface area contributed by atoms with E-state index in [0.717, 1.165) is 6.42 Å². The number of nitro groups is 1. The Kier molecular flexibility index (Phi) is 4.27. The molecule has 7 heteroatoms. The molecule has 0 aliphatic rings. The summed E-state index contributed by atoms with van der Waals surface area (Å²) >= 11 is 1.65. The van der Waals surface area contributed by atoms with Crippen LogP contribution in [-0.2, 0) is 13.0 Å². The molecule has 0 aromatic carbocycles. The normalized spacial score (nSPS) is 10.0. The second-order valence-corrected chi connectivity index (χ2v) is 5.01. The minimum atomic E-state index is -0.607. The van der Waals surface area contributed by atoms with Gasteiger partial charge < -0.3 is 5.32 Å². The Morgan fingerprint density at radius 1 is 1.50 bits per heavy atom. The summed E-state index contributed by atoms with van der Waals surface area (Å²) in [6.07, 6.45) is 0.956. The third-order valence-electron chi connectivity index (χ3n) is 2.83. The first-order valence-electron chi connectivity index (χ1n) is 6.00. The van der Waals surface area contributed by atoms with Crippen LogP contribution in [0.4, 0.5) is 11.5 Å². The fourth-order valence-electron chi connectivity index (χ4n) is 1.79. The van der Waals surface area contributed by atoms with Crippen molar-refractivity contribution in [3.8, 4) is 6.07 Å². The summed E-state index contributed by atoms with van der Waals surface area (Å²) in [5.74, 6) is 0.461. The fraction of sp³-hybridized carbons (Fsp3) is 0.231. The molecule has 0 amide bonds. The van der Waals surface area contributed by atoms with Crippen LogP contribution < -0.4 is 5.32 Å². The number of anilines is 1. The van der Waals surface area contributed by atoms with Gasteiger partial charge >= 0.3 is 5.69 Å². The smallest absolute Gasteiger partial charge is 0.305 e. The van der Waals surface area contributed by atoms with Crippen LogP contribution in [0.2, 0.25) is 0 Å². The summed E-state index contributed by atoms with van der Waals surface area (Å²) < 4.78 is 0. The van der Waals surface area contributed by atoms with Gasteiger partial charge in [0.25, 0.3) is 0 Å². The van der Waals surface area contributed by atoms with Crippen LogP contribution in [0.15, 0.2) is 23.6 Å². The maximum Gasteiger partial charge on any atom is 0.305 e. The largest absolute Gasteiger partial charge is 0.365 e. The van der Waals surface area contributed by atoms with E-state index >= 15 is 0 Å². The van der Waals surface area contributed by atoms with Gasteiger partial charge in [-0.3, -0.25) is 10.1 Å². The van der Waals surface area contributed by atoms with Crippen LogP contribution in [-0.4, -0.2) is 9.91 Å². The highest BCUT2D eigenvalue weighted by molar-refractivity contribution is 7.10. The molecule has 0 saturated heterocycles. The number of nitrogens with zero attached hydrogens (tertiary/aromatic N) is 3. The number of rotatable bonds is 5. The molecule has 0 aliphatic heterocycles. The summed E-state index contributed by atoms with van der Waals surface area (Å²) in [7, 11) is 0. The van der Waals surface area contributed by atoms with Crippen molar-refractivity contribution in [2.45, 2.75) is 19.9 Å². The first kappa shape index (κ1) is 14.0. The molecule has 0 atom stereocenters. The zero-order chi connectivity index (χ0) is 14.5. The van der Waals surface area contributed by atoms with Crippen LogP contribution in [0.3, 0.4) is 0 Å². The molecule has 0 saturated carbocycles. The fourth-order valence-corrected chi connectivity index (χ4v) is 2.70. The van der Waals surface area contributed by atoms with E-state index in [4.69, 9.17) is 5.26 Å². The number of nitriles is 1. The Hall–Kier alpha value is -2.46. The van der Waals surface area contributed by atoms with Crippen molar-refractivity contribution in [2.24, 2.45) is 0 Å². The van der Waals surface area contributed by atoms with Crippen LogP contribution in [0.5, 0.6) is 0 Å². The Bertz CT molecular complexity index is 675. The molecule has 0 aliphatic carbocycles. The first-order chi connectivity index (χ1) is 9.65. The van der Waals surface area contributed by atoms with Gasteiger partial charge in [0.15, 0.2) is 0 Å². The highest BCUT2D eigenvalue weighted by Gasteiger charge is 2.15. The average molecular weight is 288 g/mol. The number of pyridine rings is 1. The summed E-state index contributed by atoms with van der Waals surface area (Å²) in [5, 5.41) is 24.7. The zero-order valence-corrected chi connectivity index (χ0v) is 11.6. The van der Waals surface area contributed by atoms with E-state index in [1.807, 2.05) is 5.38 Å². The second kappa shape index (κ2) is 6.12. The lowest BCUT2D eigenvalue weighted by Crippen LogP contribution is -2.04. The van der Waals surface area contributed by atoms with Gasteiger partial charge in [-0.2, -0.15) is 5.26 Å². The molecule has 2 rings (SSSR count).